The van der Waals surface area contributed by atoms with Crippen LogP contribution in [0.3, 0.4) is 0 Å². The molecule has 4 heteroatoms. The van der Waals surface area contributed by atoms with Gasteiger partial charge in [-0.15, -0.1) is 0 Å². The summed E-state index contributed by atoms with van der Waals surface area (Å²) in [6.45, 7) is 0.528. The normalized spacial score (nSPS) is 10.1. The van der Waals surface area contributed by atoms with E-state index in [2.05, 4.69) is 32.6 Å². The molecule has 3 nitrogen and oxygen atoms in total. The molecule has 1 aromatic heterocycles. The number of H-pyrrole nitrogens is 1. The van der Waals surface area contributed by atoms with Crippen molar-refractivity contribution in [2.75, 3.05) is 0 Å². The van der Waals surface area contributed by atoms with Crippen molar-refractivity contribution >= 4 is 22.6 Å². The number of ether oxygens (including phenoxy) is 1. The van der Waals surface area contributed by atoms with E-state index >= 15 is 0 Å². The third kappa shape index (κ3) is 2.25. The quantitative estimate of drug-likeness (QED) is 0.885. The summed E-state index contributed by atoms with van der Waals surface area (Å²) in [6, 6.07) is 7.93. The number of benzene rings is 1. The number of hydrogen-bond acceptors (Lipinski definition) is 2. The van der Waals surface area contributed by atoms with Crippen LogP contribution >= 0.6 is 22.6 Å². The first kappa shape index (κ1) is 9.51. The summed E-state index contributed by atoms with van der Waals surface area (Å²) < 4.78 is 6.72. The molecule has 0 aliphatic heterocycles. The Morgan fingerprint density at radius 3 is 2.93 bits per heavy atom. The molecule has 0 amide bonds. The highest BCUT2D eigenvalue weighted by Gasteiger charge is 1.99. The number of hydrogen-bond donors (Lipinski definition) is 1. The number of nitrogens with one attached hydrogen (secondary N) is 1. The van der Waals surface area contributed by atoms with Crippen LogP contribution in [-0.2, 0) is 6.61 Å². The first-order chi connectivity index (χ1) is 6.86. The molecular formula is C10H9IN2O. The molecule has 0 bridgehead atoms. The van der Waals surface area contributed by atoms with Gasteiger partial charge in [0.1, 0.15) is 12.4 Å². The number of aromatic nitrogens is 2. The fraction of sp³-hybridized carbons (Fsp3) is 0.100. The van der Waals surface area contributed by atoms with Gasteiger partial charge in [-0.25, -0.2) is 4.98 Å². The van der Waals surface area contributed by atoms with Crippen LogP contribution in [-0.4, -0.2) is 9.97 Å². The van der Waals surface area contributed by atoms with E-state index in [0.29, 0.717) is 6.61 Å². The van der Waals surface area contributed by atoms with Crippen molar-refractivity contribution in [3.05, 3.63) is 46.1 Å². The van der Waals surface area contributed by atoms with Crippen molar-refractivity contribution in [1.82, 2.24) is 9.97 Å². The molecule has 0 spiro atoms. The molecule has 0 saturated heterocycles. The molecule has 0 saturated carbocycles. The summed E-state index contributed by atoms with van der Waals surface area (Å²) in [5.74, 6) is 0.905. The molecule has 2 rings (SSSR count). The van der Waals surface area contributed by atoms with Crippen LogP contribution in [0.4, 0.5) is 0 Å². The van der Waals surface area contributed by atoms with E-state index in [0.717, 1.165) is 15.0 Å². The third-order valence-electron chi connectivity index (χ3n) is 1.77. The van der Waals surface area contributed by atoms with Crippen LogP contribution in [0.15, 0.2) is 36.8 Å². The molecule has 2 aromatic rings. The summed E-state index contributed by atoms with van der Waals surface area (Å²) in [7, 11) is 0. The topological polar surface area (TPSA) is 37.9 Å². The van der Waals surface area contributed by atoms with Crippen LogP contribution < -0.4 is 4.74 Å². The minimum Gasteiger partial charge on any atom is -0.486 e. The zero-order valence-corrected chi connectivity index (χ0v) is 9.56. The predicted octanol–water partition coefficient (Wildman–Crippen LogP) is 2.59. The van der Waals surface area contributed by atoms with Gasteiger partial charge in [0.2, 0.25) is 0 Å². The second-order valence-corrected chi connectivity index (χ2v) is 3.96. The van der Waals surface area contributed by atoms with Crippen molar-refractivity contribution < 1.29 is 4.74 Å². The van der Waals surface area contributed by atoms with Gasteiger partial charge in [0, 0.05) is 0 Å². The smallest absolute Gasteiger partial charge is 0.133 e. The molecule has 0 fully saturated rings. The Balaban J connectivity index is 2.02. The molecule has 72 valence electrons. The minimum atomic E-state index is 0.528. The SMILES string of the molecule is Ic1ccccc1OCc1cnc[nH]1. The van der Waals surface area contributed by atoms with E-state index in [1.54, 1.807) is 12.5 Å². The first-order valence-corrected chi connectivity index (χ1v) is 5.29. The number of imidazole rings is 1. The zero-order chi connectivity index (χ0) is 9.80. The molecule has 1 N–H and O–H groups in total. The van der Waals surface area contributed by atoms with Crippen LogP contribution in [0.25, 0.3) is 0 Å². The van der Waals surface area contributed by atoms with Crippen LogP contribution in [0.1, 0.15) is 5.69 Å². The van der Waals surface area contributed by atoms with Crippen molar-refractivity contribution in [2.24, 2.45) is 0 Å². The van der Waals surface area contributed by atoms with Gasteiger partial charge >= 0.3 is 0 Å². The zero-order valence-electron chi connectivity index (χ0n) is 7.40. The second kappa shape index (κ2) is 4.45. The lowest BCUT2D eigenvalue weighted by Gasteiger charge is -2.05. The maximum atomic E-state index is 5.60. The predicted molar refractivity (Wildman–Crippen MR) is 62.1 cm³/mol. The first-order valence-electron chi connectivity index (χ1n) is 4.21. The van der Waals surface area contributed by atoms with Gasteiger partial charge in [-0.3, -0.25) is 0 Å². The maximum absolute atomic E-state index is 5.60. The monoisotopic (exact) mass is 300 g/mol. The lowest BCUT2D eigenvalue weighted by atomic mass is 10.3. The van der Waals surface area contributed by atoms with Crippen molar-refractivity contribution in [2.45, 2.75) is 6.61 Å². The van der Waals surface area contributed by atoms with Crippen molar-refractivity contribution in [1.29, 1.82) is 0 Å². The van der Waals surface area contributed by atoms with E-state index in [1.165, 1.54) is 0 Å². The molecule has 1 aromatic carbocycles. The Morgan fingerprint density at radius 1 is 1.36 bits per heavy atom. The summed E-state index contributed by atoms with van der Waals surface area (Å²) in [5, 5.41) is 0. The van der Waals surface area contributed by atoms with Crippen LogP contribution in [0.2, 0.25) is 0 Å². The van der Waals surface area contributed by atoms with Crippen molar-refractivity contribution in [3.63, 3.8) is 0 Å². The number of rotatable bonds is 3. The maximum Gasteiger partial charge on any atom is 0.133 e. The molecule has 0 aliphatic rings. The Bertz CT molecular complexity index is 400. The van der Waals surface area contributed by atoms with E-state index in [-0.39, 0.29) is 0 Å². The summed E-state index contributed by atoms with van der Waals surface area (Å²) >= 11 is 2.25. The fourth-order valence-corrected chi connectivity index (χ4v) is 1.62. The van der Waals surface area contributed by atoms with E-state index in [4.69, 9.17) is 4.74 Å². The lowest BCUT2D eigenvalue weighted by Crippen LogP contribution is -1.96. The highest BCUT2D eigenvalue weighted by molar-refractivity contribution is 14.1. The van der Waals surface area contributed by atoms with Gasteiger partial charge in [-0.05, 0) is 34.7 Å². The van der Waals surface area contributed by atoms with Gasteiger partial charge in [0.05, 0.1) is 21.8 Å². The average Bonchev–Trinajstić information content (AvgIpc) is 2.69. The highest BCUT2D eigenvalue weighted by Crippen LogP contribution is 2.20. The lowest BCUT2D eigenvalue weighted by molar-refractivity contribution is 0.300. The molecule has 0 atom stereocenters. The number of halogens is 1. The molecular weight excluding hydrogens is 291 g/mol. The van der Waals surface area contributed by atoms with Crippen LogP contribution in [0, 0.1) is 3.57 Å². The standard InChI is InChI=1S/C10H9IN2O/c11-9-3-1-2-4-10(9)14-6-8-5-12-7-13-8/h1-5,7H,6H2,(H,12,13). The van der Waals surface area contributed by atoms with Gasteiger partial charge < -0.3 is 9.72 Å². The van der Waals surface area contributed by atoms with E-state index in [9.17, 15) is 0 Å². The Morgan fingerprint density at radius 2 is 2.21 bits per heavy atom. The Labute approximate surface area is 95.7 Å². The van der Waals surface area contributed by atoms with Gasteiger partial charge in [0.25, 0.3) is 0 Å². The number of para-hydroxylation sites is 1. The Hall–Kier alpha value is -1.04. The van der Waals surface area contributed by atoms with Crippen molar-refractivity contribution in [3.8, 4) is 5.75 Å². The number of nitrogens with zero attached hydrogens (tertiary/aromatic N) is 1. The fourth-order valence-electron chi connectivity index (χ4n) is 1.08. The van der Waals surface area contributed by atoms with Gasteiger partial charge in [-0.2, -0.15) is 0 Å². The largest absolute Gasteiger partial charge is 0.486 e. The van der Waals surface area contributed by atoms with Crippen LogP contribution in [0.5, 0.6) is 5.75 Å². The van der Waals surface area contributed by atoms with Gasteiger partial charge in [-0.1, -0.05) is 12.1 Å². The van der Waals surface area contributed by atoms with E-state index < -0.39 is 0 Å². The van der Waals surface area contributed by atoms with E-state index in [1.807, 2.05) is 24.3 Å². The summed E-state index contributed by atoms with van der Waals surface area (Å²) in [5.41, 5.74) is 0.977. The minimum absolute atomic E-state index is 0.528. The number of aromatic amines is 1. The average molecular weight is 300 g/mol. The second-order valence-electron chi connectivity index (χ2n) is 2.80. The molecule has 0 radical (unpaired) electrons. The molecule has 1 heterocycles. The molecule has 0 aliphatic carbocycles. The van der Waals surface area contributed by atoms with Gasteiger partial charge in [0.15, 0.2) is 0 Å². The third-order valence-corrected chi connectivity index (χ3v) is 2.67. The Kier molecular flexibility index (Phi) is 3.03. The summed E-state index contributed by atoms with van der Waals surface area (Å²) in [4.78, 5) is 6.91. The molecule has 14 heavy (non-hydrogen) atoms. The summed E-state index contributed by atoms with van der Waals surface area (Å²) in [6.07, 6.45) is 3.41. The highest BCUT2D eigenvalue weighted by atomic mass is 127. The molecule has 0 unspecified atom stereocenters.